The van der Waals surface area contributed by atoms with E-state index in [-0.39, 0.29) is 12.6 Å². The van der Waals surface area contributed by atoms with Crippen molar-refractivity contribution in [2.45, 2.75) is 31.8 Å². The van der Waals surface area contributed by atoms with E-state index in [1.165, 1.54) is 0 Å². The van der Waals surface area contributed by atoms with Crippen molar-refractivity contribution in [3.8, 4) is 0 Å². The third-order valence-electron chi connectivity index (χ3n) is 1.72. The monoisotopic (exact) mass is 161 g/mol. The van der Waals surface area contributed by atoms with Gasteiger partial charge < -0.3 is 20.3 Å². The molecule has 1 heterocycles. The van der Waals surface area contributed by atoms with Crippen LogP contribution in [0.3, 0.4) is 0 Å². The first kappa shape index (κ1) is 8.93. The first-order valence-electron chi connectivity index (χ1n) is 3.73. The van der Waals surface area contributed by atoms with E-state index in [0.717, 1.165) is 0 Å². The minimum Gasteiger partial charge on any atom is -0.389 e. The molecule has 3 N–H and O–H groups in total. The van der Waals surface area contributed by atoms with Gasteiger partial charge in [0.05, 0.1) is 25.4 Å². The summed E-state index contributed by atoms with van der Waals surface area (Å²) in [6.07, 6.45) is -0.614. The molecule has 4 heteroatoms. The molecule has 0 radical (unpaired) electrons. The summed E-state index contributed by atoms with van der Waals surface area (Å²) in [7, 11) is 0. The van der Waals surface area contributed by atoms with Gasteiger partial charge in [-0.3, -0.25) is 0 Å². The molecule has 0 aromatic carbocycles. The van der Waals surface area contributed by atoms with E-state index in [9.17, 15) is 5.11 Å². The van der Waals surface area contributed by atoms with E-state index in [4.69, 9.17) is 15.2 Å². The summed E-state index contributed by atoms with van der Waals surface area (Å²) in [5, 5.41) is 9.26. The average Bonchev–Trinajstić information content (AvgIpc) is 2.03. The molecular weight excluding hydrogens is 146 g/mol. The molecule has 4 nitrogen and oxygen atoms in total. The predicted molar refractivity (Wildman–Crippen MR) is 40.0 cm³/mol. The zero-order chi connectivity index (χ0) is 8.48. The Bertz CT molecular complexity index is 124. The topological polar surface area (TPSA) is 64.7 Å². The summed E-state index contributed by atoms with van der Waals surface area (Å²) >= 11 is 0. The van der Waals surface area contributed by atoms with Crippen LogP contribution in [-0.2, 0) is 9.47 Å². The molecule has 1 fully saturated rings. The molecule has 1 aliphatic rings. The van der Waals surface area contributed by atoms with Crippen LogP contribution in [0.4, 0.5) is 0 Å². The summed E-state index contributed by atoms with van der Waals surface area (Å²) in [6.45, 7) is 4.19. The number of hydrogen-bond donors (Lipinski definition) is 2. The lowest BCUT2D eigenvalue weighted by Gasteiger charge is -2.22. The number of ether oxygens (including phenoxy) is 2. The molecule has 0 amide bonds. The Labute approximate surface area is 66.3 Å². The molecule has 1 rings (SSSR count). The Morgan fingerprint density at radius 1 is 1.36 bits per heavy atom. The lowest BCUT2D eigenvalue weighted by atomic mass is 10.2. The third-order valence-corrected chi connectivity index (χ3v) is 1.72. The Morgan fingerprint density at radius 2 is 1.91 bits per heavy atom. The molecule has 1 aliphatic heterocycles. The van der Waals surface area contributed by atoms with Gasteiger partial charge in [0.1, 0.15) is 0 Å². The van der Waals surface area contributed by atoms with E-state index in [1.54, 1.807) is 13.8 Å². The van der Waals surface area contributed by atoms with Crippen molar-refractivity contribution in [3.05, 3.63) is 0 Å². The molecule has 0 bridgehead atoms. The van der Waals surface area contributed by atoms with Gasteiger partial charge >= 0.3 is 0 Å². The molecule has 0 spiro atoms. The molecule has 1 saturated heterocycles. The maximum absolute atomic E-state index is 9.26. The second-order valence-electron chi connectivity index (χ2n) is 3.25. The van der Waals surface area contributed by atoms with Crippen molar-refractivity contribution in [1.82, 2.24) is 0 Å². The molecule has 66 valence electrons. The standard InChI is InChI=1S/C7H15NO3/c1-7(2)10-3-5(8)6(9)4-11-7/h5-6,9H,3-4,8H2,1-2H3/t5-,6-/m1/s1. The van der Waals surface area contributed by atoms with Crippen LogP contribution in [0.2, 0.25) is 0 Å². The van der Waals surface area contributed by atoms with Crippen LogP contribution in [0.1, 0.15) is 13.8 Å². The van der Waals surface area contributed by atoms with Crippen LogP contribution in [0.25, 0.3) is 0 Å². The maximum atomic E-state index is 9.26. The van der Waals surface area contributed by atoms with Crippen molar-refractivity contribution >= 4 is 0 Å². The minimum absolute atomic E-state index is 0.244. The van der Waals surface area contributed by atoms with Crippen LogP contribution < -0.4 is 5.73 Å². The molecular formula is C7H15NO3. The Hall–Kier alpha value is -0.160. The minimum atomic E-state index is -0.616. The number of aliphatic hydroxyl groups is 1. The lowest BCUT2D eigenvalue weighted by Crippen LogP contribution is -2.39. The van der Waals surface area contributed by atoms with Crippen molar-refractivity contribution in [1.29, 1.82) is 0 Å². The average molecular weight is 161 g/mol. The zero-order valence-corrected chi connectivity index (χ0v) is 6.91. The Morgan fingerprint density at radius 3 is 2.55 bits per heavy atom. The lowest BCUT2D eigenvalue weighted by molar-refractivity contribution is -0.203. The van der Waals surface area contributed by atoms with Gasteiger partial charge in [-0.15, -0.1) is 0 Å². The molecule has 0 aromatic heterocycles. The number of hydrogen-bond acceptors (Lipinski definition) is 4. The quantitative estimate of drug-likeness (QED) is 0.500. The van der Waals surface area contributed by atoms with Gasteiger partial charge in [-0.25, -0.2) is 0 Å². The highest BCUT2D eigenvalue weighted by Crippen LogP contribution is 2.16. The predicted octanol–water partition coefficient (Wildman–Crippen LogP) is -0.542. The van der Waals surface area contributed by atoms with E-state index in [2.05, 4.69) is 0 Å². The normalized spacial score (nSPS) is 38.2. The van der Waals surface area contributed by atoms with Gasteiger partial charge in [-0.1, -0.05) is 0 Å². The van der Waals surface area contributed by atoms with Gasteiger partial charge in [-0.05, 0) is 13.8 Å². The first-order valence-corrected chi connectivity index (χ1v) is 3.73. The molecule has 0 aliphatic carbocycles. The SMILES string of the molecule is CC1(C)OC[C@@H](N)[C@H](O)CO1. The van der Waals surface area contributed by atoms with Gasteiger partial charge in [0.25, 0.3) is 0 Å². The van der Waals surface area contributed by atoms with Crippen LogP contribution in [-0.4, -0.2) is 36.3 Å². The van der Waals surface area contributed by atoms with Crippen LogP contribution >= 0.6 is 0 Å². The molecule has 11 heavy (non-hydrogen) atoms. The number of rotatable bonds is 0. The molecule has 0 aromatic rings. The van der Waals surface area contributed by atoms with Gasteiger partial charge in [-0.2, -0.15) is 0 Å². The second kappa shape index (κ2) is 3.06. The molecule has 0 unspecified atom stereocenters. The third kappa shape index (κ3) is 2.41. The largest absolute Gasteiger partial charge is 0.389 e. The highest BCUT2D eigenvalue weighted by Gasteiger charge is 2.28. The fourth-order valence-electron chi connectivity index (χ4n) is 0.859. The number of aliphatic hydroxyl groups excluding tert-OH is 1. The van der Waals surface area contributed by atoms with Crippen LogP contribution in [0.5, 0.6) is 0 Å². The van der Waals surface area contributed by atoms with Crippen molar-refractivity contribution in [3.63, 3.8) is 0 Å². The fraction of sp³-hybridized carbons (Fsp3) is 1.00. The van der Waals surface area contributed by atoms with E-state index in [1.807, 2.05) is 0 Å². The Balaban J connectivity index is 2.51. The smallest absolute Gasteiger partial charge is 0.162 e. The van der Waals surface area contributed by atoms with E-state index in [0.29, 0.717) is 6.61 Å². The maximum Gasteiger partial charge on any atom is 0.162 e. The van der Waals surface area contributed by atoms with Crippen LogP contribution in [0, 0.1) is 0 Å². The number of nitrogens with two attached hydrogens (primary N) is 1. The van der Waals surface area contributed by atoms with Crippen molar-refractivity contribution in [2.24, 2.45) is 5.73 Å². The van der Waals surface area contributed by atoms with Crippen molar-refractivity contribution in [2.75, 3.05) is 13.2 Å². The van der Waals surface area contributed by atoms with Gasteiger partial charge in [0.2, 0.25) is 0 Å². The Kier molecular flexibility index (Phi) is 2.49. The fourth-order valence-corrected chi connectivity index (χ4v) is 0.859. The zero-order valence-electron chi connectivity index (χ0n) is 6.91. The highest BCUT2D eigenvalue weighted by molar-refractivity contribution is 4.75. The highest BCUT2D eigenvalue weighted by atomic mass is 16.7. The molecule has 2 atom stereocenters. The van der Waals surface area contributed by atoms with Crippen LogP contribution in [0.15, 0.2) is 0 Å². The second-order valence-corrected chi connectivity index (χ2v) is 3.25. The van der Waals surface area contributed by atoms with Gasteiger partial charge in [0, 0.05) is 0 Å². The van der Waals surface area contributed by atoms with E-state index >= 15 is 0 Å². The summed E-state index contributed by atoms with van der Waals surface area (Å²) in [4.78, 5) is 0. The van der Waals surface area contributed by atoms with Crippen molar-refractivity contribution < 1.29 is 14.6 Å². The summed E-state index contributed by atoms with van der Waals surface area (Å²) in [5.74, 6) is -0.616. The van der Waals surface area contributed by atoms with Gasteiger partial charge in [0.15, 0.2) is 5.79 Å². The molecule has 0 saturated carbocycles. The summed E-state index contributed by atoms with van der Waals surface area (Å²) < 4.78 is 10.5. The first-order chi connectivity index (χ1) is 5.01. The summed E-state index contributed by atoms with van der Waals surface area (Å²) in [5.41, 5.74) is 5.54. The summed E-state index contributed by atoms with van der Waals surface area (Å²) in [6, 6.07) is -0.336. The van der Waals surface area contributed by atoms with E-state index < -0.39 is 11.9 Å².